The lowest BCUT2D eigenvalue weighted by atomic mass is 9.95. The molecule has 0 heterocycles. The van der Waals surface area contributed by atoms with Crippen molar-refractivity contribution in [3.05, 3.63) is 0 Å². The third-order valence-electron chi connectivity index (χ3n) is 4.70. The van der Waals surface area contributed by atoms with Crippen molar-refractivity contribution in [1.82, 2.24) is 0 Å². The van der Waals surface area contributed by atoms with E-state index >= 15 is 0 Å². The average Bonchev–Trinajstić information content (AvgIpc) is 2.59. The number of ether oxygens (including phenoxy) is 4. The SMILES string of the molecule is CC(C)CCCCCOC(=O)OC1CCCCC1OC(=O)OCCC(C)C. The summed E-state index contributed by atoms with van der Waals surface area (Å²) in [5.41, 5.74) is 0. The highest BCUT2D eigenvalue weighted by Crippen LogP contribution is 2.25. The molecule has 27 heavy (non-hydrogen) atoms. The van der Waals surface area contributed by atoms with Gasteiger partial charge in [0.05, 0.1) is 13.2 Å². The molecule has 0 amide bonds. The zero-order valence-corrected chi connectivity index (χ0v) is 17.5. The monoisotopic (exact) mass is 386 g/mol. The fraction of sp³-hybridized carbons (Fsp3) is 0.905. The smallest absolute Gasteiger partial charge is 0.434 e. The molecular weight excluding hydrogens is 348 g/mol. The van der Waals surface area contributed by atoms with Crippen molar-refractivity contribution >= 4 is 12.3 Å². The quantitative estimate of drug-likeness (QED) is 0.327. The van der Waals surface area contributed by atoms with Crippen LogP contribution in [-0.4, -0.2) is 37.7 Å². The molecule has 2 unspecified atom stereocenters. The maximum atomic E-state index is 11.9. The highest BCUT2D eigenvalue weighted by Gasteiger charge is 2.32. The summed E-state index contributed by atoms with van der Waals surface area (Å²) in [5.74, 6) is 1.17. The van der Waals surface area contributed by atoms with Crippen LogP contribution in [0.15, 0.2) is 0 Å². The first kappa shape index (κ1) is 23.6. The Morgan fingerprint density at radius 2 is 1.26 bits per heavy atom. The Balaban J connectivity index is 2.25. The van der Waals surface area contributed by atoms with E-state index in [9.17, 15) is 9.59 Å². The standard InChI is InChI=1S/C21H38O6/c1-16(2)10-6-5-9-14-24-20(22)26-18-11-7-8-12-19(18)27-21(23)25-15-13-17(3)4/h16-19H,5-15H2,1-4H3. The Morgan fingerprint density at radius 3 is 1.78 bits per heavy atom. The van der Waals surface area contributed by atoms with Crippen molar-refractivity contribution in [1.29, 1.82) is 0 Å². The fourth-order valence-corrected chi connectivity index (χ4v) is 3.01. The number of unbranched alkanes of at least 4 members (excludes halogenated alkanes) is 2. The lowest BCUT2D eigenvalue weighted by Gasteiger charge is -2.29. The van der Waals surface area contributed by atoms with Crippen LogP contribution in [0.3, 0.4) is 0 Å². The van der Waals surface area contributed by atoms with Crippen molar-refractivity contribution in [2.75, 3.05) is 13.2 Å². The van der Waals surface area contributed by atoms with Crippen LogP contribution in [0, 0.1) is 11.8 Å². The minimum absolute atomic E-state index is 0.341. The molecular formula is C21H38O6. The van der Waals surface area contributed by atoms with Gasteiger partial charge in [0, 0.05) is 0 Å². The second-order valence-corrected chi connectivity index (χ2v) is 8.22. The third-order valence-corrected chi connectivity index (χ3v) is 4.70. The van der Waals surface area contributed by atoms with Gasteiger partial charge in [-0.1, -0.05) is 47.0 Å². The first-order chi connectivity index (χ1) is 12.9. The molecule has 1 saturated carbocycles. The van der Waals surface area contributed by atoms with Gasteiger partial charge < -0.3 is 18.9 Å². The lowest BCUT2D eigenvalue weighted by Crippen LogP contribution is -2.38. The van der Waals surface area contributed by atoms with Gasteiger partial charge in [0.1, 0.15) is 12.2 Å². The van der Waals surface area contributed by atoms with Crippen molar-refractivity contribution in [3.63, 3.8) is 0 Å². The van der Waals surface area contributed by atoms with E-state index in [0.717, 1.165) is 38.5 Å². The average molecular weight is 387 g/mol. The van der Waals surface area contributed by atoms with Crippen LogP contribution in [0.25, 0.3) is 0 Å². The maximum Gasteiger partial charge on any atom is 0.508 e. The van der Waals surface area contributed by atoms with E-state index in [0.29, 0.717) is 37.9 Å². The fourth-order valence-electron chi connectivity index (χ4n) is 3.01. The van der Waals surface area contributed by atoms with Crippen LogP contribution in [0.5, 0.6) is 0 Å². The second kappa shape index (κ2) is 13.7. The molecule has 1 rings (SSSR count). The van der Waals surface area contributed by atoms with Gasteiger partial charge in [-0.3, -0.25) is 0 Å². The number of hydrogen-bond acceptors (Lipinski definition) is 6. The predicted molar refractivity (Wildman–Crippen MR) is 104 cm³/mol. The first-order valence-electron chi connectivity index (χ1n) is 10.5. The van der Waals surface area contributed by atoms with Crippen molar-refractivity contribution < 1.29 is 28.5 Å². The van der Waals surface area contributed by atoms with E-state index in [1.807, 2.05) is 0 Å². The molecule has 6 nitrogen and oxygen atoms in total. The molecule has 0 bridgehead atoms. The molecule has 1 aliphatic rings. The summed E-state index contributed by atoms with van der Waals surface area (Å²) in [6, 6.07) is 0. The molecule has 0 aromatic carbocycles. The topological polar surface area (TPSA) is 71.1 Å². The molecule has 158 valence electrons. The molecule has 0 N–H and O–H groups in total. The molecule has 6 heteroatoms. The number of rotatable bonds is 11. The van der Waals surface area contributed by atoms with Gasteiger partial charge in [-0.05, 0) is 50.4 Å². The molecule has 0 radical (unpaired) electrons. The summed E-state index contributed by atoms with van der Waals surface area (Å²) in [4.78, 5) is 23.7. The zero-order chi connectivity index (χ0) is 20.1. The normalized spacial score (nSPS) is 19.8. The van der Waals surface area contributed by atoms with Gasteiger partial charge in [0.15, 0.2) is 0 Å². The van der Waals surface area contributed by atoms with Crippen molar-refractivity contribution in [2.24, 2.45) is 11.8 Å². The van der Waals surface area contributed by atoms with E-state index in [1.165, 1.54) is 6.42 Å². The molecule has 0 saturated heterocycles. The molecule has 0 aliphatic heterocycles. The Kier molecular flexibility index (Phi) is 11.9. The van der Waals surface area contributed by atoms with Gasteiger partial charge in [0.25, 0.3) is 0 Å². The maximum absolute atomic E-state index is 11.9. The summed E-state index contributed by atoms with van der Waals surface area (Å²) in [6.07, 6.45) is 5.98. The van der Waals surface area contributed by atoms with Crippen molar-refractivity contribution in [3.8, 4) is 0 Å². The molecule has 0 aromatic rings. The van der Waals surface area contributed by atoms with Gasteiger partial charge in [-0.25, -0.2) is 9.59 Å². The second-order valence-electron chi connectivity index (χ2n) is 8.22. The van der Waals surface area contributed by atoms with Crippen LogP contribution in [0.4, 0.5) is 9.59 Å². The van der Waals surface area contributed by atoms with Gasteiger partial charge >= 0.3 is 12.3 Å². The minimum Gasteiger partial charge on any atom is -0.434 e. The van der Waals surface area contributed by atoms with E-state index in [1.54, 1.807) is 0 Å². The van der Waals surface area contributed by atoms with Gasteiger partial charge in [0.2, 0.25) is 0 Å². The Hall–Kier alpha value is -1.46. The van der Waals surface area contributed by atoms with E-state index < -0.39 is 24.5 Å². The molecule has 1 fully saturated rings. The summed E-state index contributed by atoms with van der Waals surface area (Å²) in [6.45, 7) is 9.25. The number of hydrogen-bond donors (Lipinski definition) is 0. The number of carbonyl (C=O) groups is 2. The van der Waals surface area contributed by atoms with E-state index in [-0.39, 0.29) is 0 Å². The number of carbonyl (C=O) groups excluding carboxylic acids is 2. The summed E-state index contributed by atoms with van der Waals surface area (Å²) >= 11 is 0. The third kappa shape index (κ3) is 11.8. The summed E-state index contributed by atoms with van der Waals surface area (Å²) < 4.78 is 21.0. The van der Waals surface area contributed by atoms with Gasteiger partial charge in [-0.2, -0.15) is 0 Å². The molecule has 1 aliphatic carbocycles. The zero-order valence-electron chi connectivity index (χ0n) is 17.5. The van der Waals surface area contributed by atoms with Crippen LogP contribution >= 0.6 is 0 Å². The van der Waals surface area contributed by atoms with E-state index in [2.05, 4.69) is 27.7 Å². The first-order valence-corrected chi connectivity index (χ1v) is 10.5. The van der Waals surface area contributed by atoms with Crippen LogP contribution in [0.2, 0.25) is 0 Å². The Labute approximate surface area is 164 Å². The highest BCUT2D eigenvalue weighted by molar-refractivity contribution is 5.61. The highest BCUT2D eigenvalue weighted by atomic mass is 16.8. The Morgan fingerprint density at radius 1 is 0.741 bits per heavy atom. The van der Waals surface area contributed by atoms with Crippen molar-refractivity contribution in [2.45, 2.75) is 97.7 Å². The minimum atomic E-state index is -0.685. The molecule has 0 aromatic heterocycles. The summed E-state index contributed by atoms with van der Waals surface area (Å²) in [5, 5.41) is 0. The lowest BCUT2D eigenvalue weighted by molar-refractivity contribution is -0.0715. The van der Waals surface area contributed by atoms with Crippen LogP contribution in [0.1, 0.15) is 85.5 Å². The van der Waals surface area contributed by atoms with Crippen LogP contribution < -0.4 is 0 Å². The van der Waals surface area contributed by atoms with Crippen LogP contribution in [-0.2, 0) is 18.9 Å². The molecule has 2 atom stereocenters. The Bertz CT molecular complexity index is 421. The largest absolute Gasteiger partial charge is 0.508 e. The predicted octanol–water partition coefficient (Wildman–Crippen LogP) is 5.87. The van der Waals surface area contributed by atoms with Gasteiger partial charge in [-0.15, -0.1) is 0 Å². The molecule has 0 spiro atoms. The van der Waals surface area contributed by atoms with E-state index in [4.69, 9.17) is 18.9 Å². The summed E-state index contributed by atoms with van der Waals surface area (Å²) in [7, 11) is 0.